The number of carbonyl (C=O) groups is 1. The van der Waals surface area contributed by atoms with Crippen LogP contribution < -0.4 is 9.47 Å². The van der Waals surface area contributed by atoms with Crippen LogP contribution in [0.4, 0.5) is 0 Å². The van der Waals surface area contributed by atoms with E-state index in [-0.39, 0.29) is 12.7 Å². The average Bonchev–Trinajstić information content (AvgIpc) is 2.89. The molecule has 0 saturated heterocycles. The Kier molecular flexibility index (Phi) is 4.63. The minimum atomic E-state index is -0.400. The summed E-state index contributed by atoms with van der Waals surface area (Å²) in [7, 11) is 1.72. The Balaban J connectivity index is 1.93. The molecule has 1 heterocycles. The van der Waals surface area contributed by atoms with E-state index in [1.807, 2.05) is 18.2 Å². The second kappa shape index (κ2) is 6.43. The fourth-order valence-corrected chi connectivity index (χ4v) is 1.80. The zero-order chi connectivity index (χ0) is 14.5. The van der Waals surface area contributed by atoms with Crippen molar-refractivity contribution in [2.75, 3.05) is 20.4 Å². The van der Waals surface area contributed by atoms with Crippen molar-refractivity contribution in [1.29, 1.82) is 0 Å². The Morgan fingerprint density at radius 3 is 2.95 bits per heavy atom. The first-order valence-corrected chi connectivity index (χ1v) is 6.57. The van der Waals surface area contributed by atoms with Gasteiger partial charge in [0.1, 0.15) is 0 Å². The molecule has 1 aliphatic rings. The second-order valence-electron chi connectivity index (χ2n) is 4.84. The average molecular weight is 277 g/mol. The third kappa shape index (κ3) is 3.74. The maximum Gasteiger partial charge on any atom is 0.246 e. The van der Waals surface area contributed by atoms with E-state index in [2.05, 4.69) is 0 Å². The standard InChI is InChI=1S/C15H19NO4/c1-11(17)7-8-16(2)15(18)6-4-12-3-5-13-14(9-12)20-10-19-13/h3-6,9,11,17H,7-8,10H2,1-2H3/b6-4+. The number of benzene rings is 1. The van der Waals surface area contributed by atoms with Crippen LogP contribution in [-0.2, 0) is 4.79 Å². The van der Waals surface area contributed by atoms with Gasteiger partial charge in [0.25, 0.3) is 0 Å². The van der Waals surface area contributed by atoms with Crippen LogP contribution in [0.3, 0.4) is 0 Å². The largest absolute Gasteiger partial charge is 0.454 e. The molecule has 1 unspecified atom stereocenters. The van der Waals surface area contributed by atoms with Crippen molar-refractivity contribution >= 4 is 12.0 Å². The van der Waals surface area contributed by atoms with E-state index < -0.39 is 6.10 Å². The van der Waals surface area contributed by atoms with Gasteiger partial charge in [-0.25, -0.2) is 0 Å². The molecule has 1 atom stereocenters. The van der Waals surface area contributed by atoms with Crippen molar-refractivity contribution in [1.82, 2.24) is 4.90 Å². The maximum absolute atomic E-state index is 11.9. The summed E-state index contributed by atoms with van der Waals surface area (Å²) in [5.41, 5.74) is 0.881. The van der Waals surface area contributed by atoms with E-state index >= 15 is 0 Å². The molecular formula is C15H19NO4. The quantitative estimate of drug-likeness (QED) is 0.832. The summed E-state index contributed by atoms with van der Waals surface area (Å²) in [6, 6.07) is 5.53. The zero-order valence-electron chi connectivity index (χ0n) is 11.7. The molecule has 5 nitrogen and oxygen atoms in total. The molecule has 0 fully saturated rings. The normalized spacial score (nSPS) is 14.6. The van der Waals surface area contributed by atoms with Gasteiger partial charge in [-0.1, -0.05) is 6.07 Å². The lowest BCUT2D eigenvalue weighted by molar-refractivity contribution is -0.124. The monoisotopic (exact) mass is 277 g/mol. The summed E-state index contributed by atoms with van der Waals surface area (Å²) in [6.07, 6.45) is 3.42. The molecule has 0 bridgehead atoms. The SMILES string of the molecule is CC(O)CCN(C)C(=O)/C=C/c1ccc2c(c1)OCO2. The first kappa shape index (κ1) is 14.4. The Morgan fingerprint density at radius 2 is 2.20 bits per heavy atom. The summed E-state index contributed by atoms with van der Waals surface area (Å²) in [6.45, 7) is 2.48. The number of rotatable bonds is 5. The molecule has 20 heavy (non-hydrogen) atoms. The molecule has 0 aliphatic carbocycles. The van der Waals surface area contributed by atoms with Crippen LogP contribution in [0, 0.1) is 0 Å². The van der Waals surface area contributed by atoms with Gasteiger partial charge in [0.15, 0.2) is 11.5 Å². The van der Waals surface area contributed by atoms with Gasteiger partial charge in [0.2, 0.25) is 12.7 Å². The highest BCUT2D eigenvalue weighted by atomic mass is 16.7. The molecule has 0 saturated carbocycles. The number of likely N-dealkylation sites (N-methyl/N-ethyl adjacent to an activating group) is 1. The Morgan fingerprint density at radius 1 is 1.45 bits per heavy atom. The number of amides is 1. The lowest BCUT2D eigenvalue weighted by Crippen LogP contribution is -2.27. The number of carbonyl (C=O) groups excluding carboxylic acids is 1. The molecule has 0 radical (unpaired) electrons. The second-order valence-corrected chi connectivity index (χ2v) is 4.84. The number of hydrogen-bond donors (Lipinski definition) is 1. The summed E-state index contributed by atoms with van der Waals surface area (Å²) in [5.74, 6) is 1.33. The Bertz CT molecular complexity index is 511. The highest BCUT2D eigenvalue weighted by molar-refractivity contribution is 5.91. The lowest BCUT2D eigenvalue weighted by Gasteiger charge is -2.15. The van der Waals surface area contributed by atoms with Crippen molar-refractivity contribution in [3.8, 4) is 11.5 Å². The van der Waals surface area contributed by atoms with Crippen molar-refractivity contribution in [2.24, 2.45) is 0 Å². The van der Waals surface area contributed by atoms with Gasteiger partial charge in [0, 0.05) is 19.7 Å². The topological polar surface area (TPSA) is 59.0 Å². The van der Waals surface area contributed by atoms with Crippen LogP contribution in [0.1, 0.15) is 18.9 Å². The van der Waals surface area contributed by atoms with Gasteiger partial charge in [0.05, 0.1) is 6.10 Å². The predicted octanol–water partition coefficient (Wildman–Crippen LogP) is 1.66. The molecule has 1 N–H and O–H groups in total. The van der Waals surface area contributed by atoms with Crippen molar-refractivity contribution in [3.05, 3.63) is 29.8 Å². The minimum Gasteiger partial charge on any atom is -0.454 e. The summed E-state index contributed by atoms with van der Waals surface area (Å²) in [5, 5.41) is 9.20. The molecule has 1 aromatic rings. The fraction of sp³-hybridized carbons (Fsp3) is 0.400. The van der Waals surface area contributed by atoms with Crippen LogP contribution >= 0.6 is 0 Å². The van der Waals surface area contributed by atoms with Crippen LogP contribution in [0.2, 0.25) is 0 Å². The molecule has 2 rings (SSSR count). The van der Waals surface area contributed by atoms with E-state index in [9.17, 15) is 9.90 Å². The van der Waals surface area contributed by atoms with Crippen LogP contribution in [0.25, 0.3) is 6.08 Å². The highest BCUT2D eigenvalue weighted by Gasteiger charge is 2.12. The molecular weight excluding hydrogens is 258 g/mol. The zero-order valence-corrected chi connectivity index (χ0v) is 11.7. The number of ether oxygens (including phenoxy) is 2. The first-order chi connectivity index (χ1) is 9.56. The van der Waals surface area contributed by atoms with E-state index in [1.165, 1.54) is 6.08 Å². The number of fused-ring (bicyclic) bond motifs is 1. The van der Waals surface area contributed by atoms with Gasteiger partial charge in [-0.3, -0.25) is 4.79 Å². The maximum atomic E-state index is 11.9. The smallest absolute Gasteiger partial charge is 0.246 e. The predicted molar refractivity (Wildman–Crippen MR) is 75.5 cm³/mol. The molecule has 0 aromatic heterocycles. The van der Waals surface area contributed by atoms with Gasteiger partial charge in [-0.15, -0.1) is 0 Å². The van der Waals surface area contributed by atoms with Crippen molar-refractivity contribution < 1.29 is 19.4 Å². The highest BCUT2D eigenvalue weighted by Crippen LogP contribution is 2.32. The van der Waals surface area contributed by atoms with Crippen LogP contribution in [0.15, 0.2) is 24.3 Å². The Hall–Kier alpha value is -2.01. The molecule has 0 spiro atoms. The molecule has 5 heteroatoms. The number of aliphatic hydroxyl groups is 1. The minimum absolute atomic E-state index is 0.0942. The van der Waals surface area contributed by atoms with E-state index in [1.54, 1.807) is 24.9 Å². The number of nitrogens with zero attached hydrogens (tertiary/aromatic N) is 1. The summed E-state index contributed by atoms with van der Waals surface area (Å²) < 4.78 is 10.5. The first-order valence-electron chi connectivity index (χ1n) is 6.57. The Labute approximate surface area is 118 Å². The number of hydrogen-bond acceptors (Lipinski definition) is 4. The van der Waals surface area contributed by atoms with Crippen molar-refractivity contribution in [2.45, 2.75) is 19.4 Å². The van der Waals surface area contributed by atoms with Gasteiger partial charge >= 0.3 is 0 Å². The van der Waals surface area contributed by atoms with E-state index in [0.29, 0.717) is 18.7 Å². The molecule has 1 amide bonds. The van der Waals surface area contributed by atoms with Crippen LogP contribution in [0.5, 0.6) is 11.5 Å². The molecule has 108 valence electrons. The molecule has 1 aliphatic heterocycles. The van der Waals surface area contributed by atoms with E-state index in [0.717, 1.165) is 11.3 Å². The number of aliphatic hydroxyl groups excluding tert-OH is 1. The van der Waals surface area contributed by atoms with Crippen LogP contribution in [-0.4, -0.2) is 42.4 Å². The fourth-order valence-electron chi connectivity index (χ4n) is 1.80. The summed E-state index contributed by atoms with van der Waals surface area (Å²) in [4.78, 5) is 13.4. The summed E-state index contributed by atoms with van der Waals surface area (Å²) >= 11 is 0. The molecule has 1 aromatic carbocycles. The lowest BCUT2D eigenvalue weighted by atomic mass is 10.2. The van der Waals surface area contributed by atoms with Crippen molar-refractivity contribution in [3.63, 3.8) is 0 Å². The third-order valence-corrected chi connectivity index (χ3v) is 3.07. The van der Waals surface area contributed by atoms with E-state index in [4.69, 9.17) is 9.47 Å². The van der Waals surface area contributed by atoms with Gasteiger partial charge < -0.3 is 19.5 Å². The third-order valence-electron chi connectivity index (χ3n) is 3.07. The van der Waals surface area contributed by atoms with Gasteiger partial charge in [-0.2, -0.15) is 0 Å². The van der Waals surface area contributed by atoms with Gasteiger partial charge in [-0.05, 0) is 37.1 Å².